The highest BCUT2D eigenvalue weighted by molar-refractivity contribution is 5.72. The number of hydrogen-bond donors (Lipinski definition) is 1. The molecule has 2 aromatic rings. The van der Waals surface area contributed by atoms with Crippen molar-refractivity contribution in [2.75, 3.05) is 5.73 Å². The number of aromatic nitrogens is 1. The molecule has 3 nitrogen and oxygen atoms in total. The zero-order chi connectivity index (χ0) is 11.1. The highest BCUT2D eigenvalue weighted by Crippen LogP contribution is 2.32. The van der Waals surface area contributed by atoms with E-state index in [4.69, 9.17) is 10.3 Å². The summed E-state index contributed by atoms with van der Waals surface area (Å²) < 4.78 is 4.89. The van der Waals surface area contributed by atoms with E-state index in [-0.39, 0.29) is 0 Å². The third-order valence-corrected chi connectivity index (χ3v) is 3.25. The molecule has 1 heterocycles. The fourth-order valence-corrected chi connectivity index (χ4v) is 2.47. The van der Waals surface area contributed by atoms with Crippen molar-refractivity contribution in [3.8, 4) is 11.1 Å². The van der Waals surface area contributed by atoms with Crippen molar-refractivity contribution in [3.63, 3.8) is 0 Å². The van der Waals surface area contributed by atoms with Gasteiger partial charge < -0.3 is 10.3 Å². The van der Waals surface area contributed by atoms with Crippen LogP contribution in [-0.4, -0.2) is 5.16 Å². The van der Waals surface area contributed by atoms with E-state index in [1.165, 1.54) is 17.5 Å². The highest BCUT2D eigenvalue weighted by Gasteiger charge is 2.18. The smallest absolute Gasteiger partial charge is 0.229 e. The lowest BCUT2D eigenvalue weighted by atomic mass is 10.0. The van der Waals surface area contributed by atoms with Gasteiger partial charge in [0.1, 0.15) is 0 Å². The number of nitrogens with two attached hydrogens (primary N) is 1. The Labute approximate surface area is 94.2 Å². The standard InChI is InChI=1S/C13H14N2O/c1-8-4-9-2-3-10(6-11(9)5-8)12-7-15-16-13(12)14/h2-3,6-8H,4-5,14H2,1H3. The summed E-state index contributed by atoms with van der Waals surface area (Å²) in [7, 11) is 0. The molecule has 0 radical (unpaired) electrons. The van der Waals surface area contributed by atoms with E-state index in [0.29, 0.717) is 5.88 Å². The summed E-state index contributed by atoms with van der Waals surface area (Å²) in [5, 5.41) is 3.71. The van der Waals surface area contributed by atoms with E-state index in [1.54, 1.807) is 6.20 Å². The van der Waals surface area contributed by atoms with Gasteiger partial charge in [-0.05, 0) is 35.4 Å². The lowest BCUT2D eigenvalue weighted by Crippen LogP contribution is -1.89. The first-order valence-electron chi connectivity index (χ1n) is 5.56. The molecule has 16 heavy (non-hydrogen) atoms. The Balaban J connectivity index is 2.06. The Hall–Kier alpha value is -1.77. The van der Waals surface area contributed by atoms with Crippen molar-refractivity contribution in [3.05, 3.63) is 35.5 Å². The van der Waals surface area contributed by atoms with Gasteiger partial charge in [-0.15, -0.1) is 0 Å². The molecule has 0 fully saturated rings. The number of hydrogen-bond acceptors (Lipinski definition) is 3. The van der Waals surface area contributed by atoms with Crippen LogP contribution in [0.2, 0.25) is 0 Å². The zero-order valence-corrected chi connectivity index (χ0v) is 9.23. The van der Waals surface area contributed by atoms with E-state index in [1.807, 2.05) is 0 Å². The van der Waals surface area contributed by atoms with Crippen LogP contribution in [0.1, 0.15) is 18.1 Å². The third kappa shape index (κ3) is 1.40. The molecule has 1 unspecified atom stereocenters. The number of benzene rings is 1. The summed E-state index contributed by atoms with van der Waals surface area (Å²) in [6.07, 6.45) is 4.03. The van der Waals surface area contributed by atoms with Crippen LogP contribution in [0.15, 0.2) is 28.9 Å². The number of fused-ring (bicyclic) bond motifs is 1. The zero-order valence-electron chi connectivity index (χ0n) is 9.23. The molecule has 1 atom stereocenters. The topological polar surface area (TPSA) is 52.0 Å². The van der Waals surface area contributed by atoms with Crippen LogP contribution >= 0.6 is 0 Å². The first-order chi connectivity index (χ1) is 7.74. The fraction of sp³-hybridized carbons (Fsp3) is 0.308. The van der Waals surface area contributed by atoms with Crippen molar-refractivity contribution < 1.29 is 4.52 Å². The molecule has 1 aromatic heterocycles. The molecule has 3 rings (SSSR count). The van der Waals surface area contributed by atoms with Gasteiger partial charge in [-0.1, -0.05) is 30.3 Å². The average molecular weight is 214 g/mol. The molecule has 0 saturated carbocycles. The van der Waals surface area contributed by atoms with Gasteiger partial charge in [0.25, 0.3) is 0 Å². The quantitative estimate of drug-likeness (QED) is 0.794. The lowest BCUT2D eigenvalue weighted by molar-refractivity contribution is 0.436. The molecule has 0 amide bonds. The molecular weight excluding hydrogens is 200 g/mol. The van der Waals surface area contributed by atoms with E-state index in [2.05, 4.69) is 30.3 Å². The van der Waals surface area contributed by atoms with Gasteiger partial charge in [-0.3, -0.25) is 0 Å². The predicted molar refractivity (Wildman–Crippen MR) is 62.9 cm³/mol. The molecule has 0 spiro atoms. The first-order valence-corrected chi connectivity index (χ1v) is 5.56. The SMILES string of the molecule is CC1Cc2ccc(-c3cnoc3N)cc2C1. The number of nitrogen functional groups attached to an aromatic ring is 1. The molecule has 1 aliphatic rings. The number of anilines is 1. The second kappa shape index (κ2) is 3.37. The van der Waals surface area contributed by atoms with E-state index in [9.17, 15) is 0 Å². The minimum atomic E-state index is 0.394. The van der Waals surface area contributed by atoms with Crippen molar-refractivity contribution in [1.29, 1.82) is 0 Å². The second-order valence-corrected chi connectivity index (χ2v) is 4.60. The lowest BCUT2D eigenvalue weighted by Gasteiger charge is -2.02. The Kier molecular flexibility index (Phi) is 1.99. The maximum atomic E-state index is 5.72. The molecule has 1 aromatic carbocycles. The molecule has 0 aliphatic heterocycles. The summed E-state index contributed by atoms with van der Waals surface area (Å²) in [4.78, 5) is 0. The van der Waals surface area contributed by atoms with E-state index >= 15 is 0 Å². The minimum absolute atomic E-state index is 0.394. The molecule has 0 bridgehead atoms. The fourth-order valence-electron chi connectivity index (χ4n) is 2.47. The molecule has 3 heteroatoms. The minimum Gasteiger partial charge on any atom is -0.367 e. The van der Waals surface area contributed by atoms with Crippen molar-refractivity contribution in [2.24, 2.45) is 5.92 Å². The normalized spacial score (nSPS) is 18.7. The largest absolute Gasteiger partial charge is 0.367 e. The van der Waals surface area contributed by atoms with E-state index < -0.39 is 0 Å². The molecule has 1 aliphatic carbocycles. The predicted octanol–water partition coefficient (Wildman–Crippen LogP) is 2.66. The average Bonchev–Trinajstić information content (AvgIpc) is 2.81. The summed E-state index contributed by atoms with van der Waals surface area (Å²) in [5.74, 6) is 1.15. The van der Waals surface area contributed by atoms with Crippen LogP contribution < -0.4 is 5.73 Å². The van der Waals surface area contributed by atoms with Crippen LogP contribution in [0.4, 0.5) is 5.88 Å². The highest BCUT2D eigenvalue weighted by atomic mass is 16.5. The van der Waals surface area contributed by atoms with Crippen LogP contribution in [-0.2, 0) is 12.8 Å². The van der Waals surface area contributed by atoms with Crippen LogP contribution in [0, 0.1) is 5.92 Å². The Morgan fingerprint density at radius 2 is 2.12 bits per heavy atom. The molecule has 0 saturated heterocycles. The van der Waals surface area contributed by atoms with Crippen molar-refractivity contribution in [1.82, 2.24) is 5.16 Å². The second-order valence-electron chi connectivity index (χ2n) is 4.60. The van der Waals surface area contributed by atoms with Crippen LogP contribution in [0.25, 0.3) is 11.1 Å². The molecule has 2 N–H and O–H groups in total. The van der Waals surface area contributed by atoms with Gasteiger partial charge in [-0.25, -0.2) is 0 Å². The summed E-state index contributed by atoms with van der Waals surface area (Å²) in [6, 6.07) is 6.50. The maximum absolute atomic E-state index is 5.72. The van der Waals surface area contributed by atoms with Gasteiger partial charge >= 0.3 is 0 Å². The third-order valence-electron chi connectivity index (χ3n) is 3.25. The molecule has 82 valence electrons. The monoisotopic (exact) mass is 214 g/mol. The van der Waals surface area contributed by atoms with Gasteiger partial charge in [0.2, 0.25) is 5.88 Å². The number of nitrogens with zero attached hydrogens (tertiary/aromatic N) is 1. The summed E-state index contributed by atoms with van der Waals surface area (Å²) >= 11 is 0. The van der Waals surface area contributed by atoms with Crippen molar-refractivity contribution in [2.45, 2.75) is 19.8 Å². The van der Waals surface area contributed by atoms with Gasteiger partial charge in [0.15, 0.2) is 0 Å². The maximum Gasteiger partial charge on any atom is 0.229 e. The summed E-state index contributed by atoms with van der Waals surface area (Å²) in [6.45, 7) is 2.29. The Morgan fingerprint density at radius 1 is 1.31 bits per heavy atom. The number of rotatable bonds is 1. The van der Waals surface area contributed by atoms with E-state index in [0.717, 1.165) is 23.5 Å². The Bertz CT molecular complexity index is 530. The summed E-state index contributed by atoms with van der Waals surface area (Å²) in [5.41, 5.74) is 10.6. The van der Waals surface area contributed by atoms with Crippen LogP contribution in [0.3, 0.4) is 0 Å². The van der Waals surface area contributed by atoms with Crippen molar-refractivity contribution >= 4 is 5.88 Å². The van der Waals surface area contributed by atoms with Gasteiger partial charge in [-0.2, -0.15) is 0 Å². The van der Waals surface area contributed by atoms with Gasteiger partial charge in [0, 0.05) is 0 Å². The van der Waals surface area contributed by atoms with Gasteiger partial charge in [0.05, 0.1) is 11.8 Å². The van der Waals surface area contributed by atoms with Crippen LogP contribution in [0.5, 0.6) is 0 Å². The Morgan fingerprint density at radius 3 is 2.88 bits per heavy atom. The first kappa shape index (κ1) is 9.46. The molecular formula is C13H14N2O.